The lowest BCUT2D eigenvalue weighted by Gasteiger charge is -2.45. The molecule has 0 spiro atoms. The molecule has 0 aliphatic carbocycles. The van der Waals surface area contributed by atoms with Crippen LogP contribution in [0.3, 0.4) is 0 Å². The van der Waals surface area contributed by atoms with Crippen LogP contribution < -0.4 is 5.73 Å². The lowest BCUT2D eigenvalue weighted by molar-refractivity contribution is -0.308. The minimum atomic E-state index is -2.33. The first-order valence-electron chi connectivity index (χ1n) is 22.3. The molecular formula is C47H73NO17. The molecule has 2 saturated heterocycles. The number of carbonyl (C=O) groups is 2. The van der Waals surface area contributed by atoms with Gasteiger partial charge in [-0.05, 0) is 33.1 Å². The Labute approximate surface area is 381 Å². The number of aliphatic hydroxyl groups is 10. The fourth-order valence-corrected chi connectivity index (χ4v) is 7.97. The van der Waals surface area contributed by atoms with Gasteiger partial charge in [0.15, 0.2) is 12.1 Å². The minimum absolute atomic E-state index is 0.107. The maximum Gasteiger partial charge on any atom is 0.311 e. The zero-order chi connectivity index (χ0) is 48.4. The van der Waals surface area contributed by atoms with Gasteiger partial charge in [-0.3, -0.25) is 9.59 Å². The molecule has 0 radical (unpaired) electrons. The van der Waals surface area contributed by atoms with Gasteiger partial charge in [-0.25, -0.2) is 0 Å². The number of carboxylic acids is 1. The van der Waals surface area contributed by atoms with Gasteiger partial charge in [0.2, 0.25) is 0 Å². The second-order valence-corrected chi connectivity index (χ2v) is 17.6. The van der Waals surface area contributed by atoms with Gasteiger partial charge in [-0.2, -0.15) is 0 Å². The lowest BCUT2D eigenvalue weighted by Crippen LogP contribution is -2.61. The summed E-state index contributed by atoms with van der Waals surface area (Å²) in [5, 5.41) is 118. The molecule has 19 atom stereocenters. The summed E-state index contributed by atoms with van der Waals surface area (Å²) in [4.78, 5) is 25.1. The molecule has 3 aliphatic rings. The van der Waals surface area contributed by atoms with Gasteiger partial charge in [0.25, 0.3) is 0 Å². The van der Waals surface area contributed by atoms with E-state index < -0.39 is 147 Å². The van der Waals surface area contributed by atoms with Crippen molar-refractivity contribution in [3.63, 3.8) is 0 Å². The van der Waals surface area contributed by atoms with Gasteiger partial charge in [-0.15, -0.1) is 0 Å². The molecule has 3 heterocycles. The molecule has 2 bridgehead atoms. The number of carbonyl (C=O) groups excluding carboxylic acids is 1. The first kappa shape index (κ1) is 55.9. The largest absolute Gasteiger partial charge is 0.481 e. The average Bonchev–Trinajstić information content (AvgIpc) is 3.21. The number of cyclic esters (lactones) is 1. The monoisotopic (exact) mass is 923 g/mol. The molecule has 0 aromatic heterocycles. The molecule has 0 aromatic rings. The number of hydrogen-bond donors (Lipinski definition) is 12. The third-order valence-electron chi connectivity index (χ3n) is 12.0. The Morgan fingerprint density at radius 3 is 1.82 bits per heavy atom. The summed E-state index contributed by atoms with van der Waals surface area (Å²) in [6.07, 6.45) is 3.46. The van der Waals surface area contributed by atoms with Crippen molar-refractivity contribution in [2.75, 3.05) is 0 Å². The van der Waals surface area contributed by atoms with Crippen molar-refractivity contribution in [3.05, 3.63) is 85.1 Å². The molecule has 2 fully saturated rings. The van der Waals surface area contributed by atoms with Gasteiger partial charge >= 0.3 is 11.9 Å². The van der Waals surface area contributed by atoms with Crippen LogP contribution in [0.1, 0.15) is 79.1 Å². The van der Waals surface area contributed by atoms with Crippen molar-refractivity contribution in [2.45, 2.75) is 177 Å². The Morgan fingerprint density at radius 1 is 0.662 bits per heavy atom. The van der Waals surface area contributed by atoms with Crippen LogP contribution in [0, 0.1) is 17.8 Å². The second-order valence-electron chi connectivity index (χ2n) is 17.6. The van der Waals surface area contributed by atoms with E-state index in [-0.39, 0.29) is 31.6 Å². The molecule has 0 unspecified atom stereocenters. The summed E-state index contributed by atoms with van der Waals surface area (Å²) in [7, 11) is 0. The van der Waals surface area contributed by atoms with E-state index in [1.165, 1.54) is 13.0 Å². The third-order valence-corrected chi connectivity index (χ3v) is 12.0. The van der Waals surface area contributed by atoms with E-state index in [4.69, 9.17) is 24.7 Å². The van der Waals surface area contributed by atoms with Crippen LogP contribution in [-0.2, 0) is 28.5 Å². The van der Waals surface area contributed by atoms with Crippen molar-refractivity contribution in [2.24, 2.45) is 23.5 Å². The molecule has 368 valence electrons. The fourth-order valence-electron chi connectivity index (χ4n) is 7.97. The van der Waals surface area contributed by atoms with Crippen LogP contribution >= 0.6 is 0 Å². The Hall–Kier alpha value is -3.44. The van der Waals surface area contributed by atoms with Gasteiger partial charge in [0.05, 0.1) is 79.6 Å². The highest BCUT2D eigenvalue weighted by molar-refractivity contribution is 5.71. The predicted octanol–water partition coefficient (Wildman–Crippen LogP) is 0.712. The van der Waals surface area contributed by atoms with E-state index in [0.29, 0.717) is 0 Å². The molecule has 0 saturated carbocycles. The van der Waals surface area contributed by atoms with E-state index in [1.807, 2.05) is 19.1 Å². The SMILES string of the molecule is C[C@@H]1[C@H](O)[C@@H](C)/C=C/C=C/C=C/C=C/C=C/C=C/C=C/[C@H](O[C@H]2O[C@@H](C)[C@H](O)[C@@H](N)[C@H]2O)C[C@@H]2O[C@](O)(C[C@@H](O)C[C@@H](O)[C@H](O)CC[C@@H](O)C[C@@H](O)CC(=O)O[C@H]1C)C[C@H](O)[C@H]2C(=O)O. The number of aliphatic carboxylic acids is 1. The molecule has 18 nitrogen and oxygen atoms in total. The van der Waals surface area contributed by atoms with Gasteiger partial charge in [-0.1, -0.05) is 98.9 Å². The maximum atomic E-state index is 12.6. The van der Waals surface area contributed by atoms with Crippen LogP contribution in [0.4, 0.5) is 0 Å². The highest BCUT2D eigenvalue weighted by Gasteiger charge is 2.51. The first-order valence-corrected chi connectivity index (χ1v) is 22.3. The molecule has 13 N–H and O–H groups in total. The molecular weight excluding hydrogens is 851 g/mol. The number of nitrogens with two attached hydrogens (primary N) is 1. The number of fused-ring (bicyclic) bond motifs is 2. The zero-order valence-electron chi connectivity index (χ0n) is 37.6. The number of carboxylic acid groups (broad SMARTS) is 1. The minimum Gasteiger partial charge on any atom is -0.481 e. The van der Waals surface area contributed by atoms with Gasteiger partial charge < -0.3 is 80.9 Å². The van der Waals surface area contributed by atoms with E-state index in [0.717, 1.165) is 0 Å². The summed E-state index contributed by atoms with van der Waals surface area (Å²) in [6.45, 7) is 6.74. The number of allylic oxidation sites excluding steroid dienone is 12. The van der Waals surface area contributed by atoms with Crippen LogP contribution in [-0.4, -0.2) is 166 Å². The Kier molecular flexibility index (Phi) is 23.6. The van der Waals surface area contributed by atoms with E-state index >= 15 is 0 Å². The van der Waals surface area contributed by atoms with Crippen LogP contribution in [0.2, 0.25) is 0 Å². The summed E-state index contributed by atoms with van der Waals surface area (Å²) < 4.78 is 23.1. The number of aliphatic hydroxyl groups excluding tert-OH is 9. The second kappa shape index (κ2) is 27.4. The van der Waals surface area contributed by atoms with Crippen LogP contribution in [0.25, 0.3) is 0 Å². The molecule has 3 aliphatic heterocycles. The van der Waals surface area contributed by atoms with Crippen molar-refractivity contribution in [1.29, 1.82) is 0 Å². The predicted molar refractivity (Wildman–Crippen MR) is 237 cm³/mol. The van der Waals surface area contributed by atoms with Gasteiger partial charge in [0.1, 0.15) is 18.1 Å². The van der Waals surface area contributed by atoms with Crippen LogP contribution in [0.15, 0.2) is 85.1 Å². The number of hydrogen-bond acceptors (Lipinski definition) is 17. The summed E-state index contributed by atoms with van der Waals surface area (Å²) in [5.41, 5.74) is 6.02. The van der Waals surface area contributed by atoms with Gasteiger partial charge in [0, 0.05) is 37.5 Å². The Morgan fingerprint density at radius 2 is 1.23 bits per heavy atom. The number of rotatable bonds is 3. The van der Waals surface area contributed by atoms with E-state index in [1.54, 1.807) is 80.7 Å². The fraction of sp³-hybridized carbons (Fsp3) is 0.660. The Bertz CT molecular complexity index is 1670. The van der Waals surface area contributed by atoms with E-state index in [9.17, 15) is 65.8 Å². The molecule has 18 heteroatoms. The summed E-state index contributed by atoms with van der Waals surface area (Å²) in [5.74, 6) is -6.83. The normalized spacial score (nSPS) is 45.5. The lowest BCUT2D eigenvalue weighted by atomic mass is 9.82. The molecule has 65 heavy (non-hydrogen) atoms. The smallest absolute Gasteiger partial charge is 0.311 e. The van der Waals surface area contributed by atoms with Crippen molar-refractivity contribution in [3.8, 4) is 0 Å². The standard InChI is InChI=1S/C47H73NO17/c1-27-17-15-13-11-9-7-5-6-8-10-12-14-16-18-34(64-46-44(58)41(48)43(57)30(4)63-46)24-38-40(45(59)60)37(54)26-47(61,65-38)25-33(51)22-36(53)35(52)20-19-31(49)21-32(50)23-39(55)62-29(3)28(2)42(27)56/h5-18,27-38,40-44,46,49-54,56-58,61H,19-26,48H2,1-4H3,(H,59,60)/b6-5+,9-7+,10-8+,13-11+,14-12+,17-15+,18-16+/t27-,28-,29-,30-,31+,32+,33-,34-,35+,36+,37-,38-,40+,41+,42+,43-,44+,46+,47+/m0/s1. The zero-order valence-corrected chi connectivity index (χ0v) is 37.6. The quantitative estimate of drug-likeness (QED) is 0.174. The van der Waals surface area contributed by atoms with Crippen molar-refractivity contribution < 1.29 is 84.7 Å². The van der Waals surface area contributed by atoms with Crippen LogP contribution in [0.5, 0.6) is 0 Å². The summed E-state index contributed by atoms with van der Waals surface area (Å²) >= 11 is 0. The van der Waals surface area contributed by atoms with Crippen molar-refractivity contribution in [1.82, 2.24) is 0 Å². The maximum absolute atomic E-state index is 12.6. The van der Waals surface area contributed by atoms with Crippen molar-refractivity contribution >= 4 is 11.9 Å². The number of ether oxygens (including phenoxy) is 4. The third kappa shape index (κ3) is 18.6. The number of esters is 1. The highest BCUT2D eigenvalue weighted by atomic mass is 16.7. The molecule has 0 aromatic carbocycles. The van der Waals surface area contributed by atoms with E-state index in [2.05, 4.69) is 0 Å². The Balaban J connectivity index is 1.86. The highest BCUT2D eigenvalue weighted by Crippen LogP contribution is 2.38. The topological polar surface area (TPSA) is 320 Å². The average molecular weight is 924 g/mol. The molecule has 0 amide bonds. The summed E-state index contributed by atoms with van der Waals surface area (Å²) in [6, 6.07) is -1.15. The first-order chi connectivity index (χ1) is 30.6. The molecule has 3 rings (SSSR count).